The van der Waals surface area contributed by atoms with Crippen LogP contribution in [0.2, 0.25) is 0 Å². The van der Waals surface area contributed by atoms with Crippen molar-refractivity contribution in [3.63, 3.8) is 0 Å². The van der Waals surface area contributed by atoms with Crippen LogP contribution >= 0.6 is 0 Å². The van der Waals surface area contributed by atoms with Crippen LogP contribution in [-0.2, 0) is 14.3 Å². The molecule has 0 aliphatic carbocycles. The highest BCUT2D eigenvalue weighted by Crippen LogP contribution is 2.20. The lowest BCUT2D eigenvalue weighted by molar-refractivity contribution is -0.287. The van der Waals surface area contributed by atoms with E-state index in [0.717, 1.165) is 32.1 Å². The minimum Gasteiger partial charge on any atom is -0.463 e. The summed E-state index contributed by atoms with van der Waals surface area (Å²) in [5, 5.41) is 38.3. The smallest absolute Gasteiger partial charge is 0.305 e. The van der Waals surface area contributed by atoms with Crippen molar-refractivity contribution in [2.45, 2.75) is 128 Å². The molecule has 0 bridgehead atoms. The van der Waals surface area contributed by atoms with Crippen molar-refractivity contribution in [3.05, 3.63) is 12.2 Å². The largest absolute Gasteiger partial charge is 0.463 e. The summed E-state index contributed by atoms with van der Waals surface area (Å²) in [5.74, 6) is -0.400. The summed E-state index contributed by atoms with van der Waals surface area (Å²) in [6, 6.07) is 0. The van der Waals surface area contributed by atoms with Crippen molar-refractivity contribution >= 4 is 5.97 Å². The first-order chi connectivity index (χ1) is 15.0. The van der Waals surface area contributed by atoms with Crippen molar-refractivity contribution in [1.82, 2.24) is 0 Å². The van der Waals surface area contributed by atoms with Crippen molar-refractivity contribution in [2.24, 2.45) is 0 Å². The van der Waals surface area contributed by atoms with Crippen LogP contribution in [0.25, 0.3) is 0 Å². The molecular weight excluding hydrogens is 400 g/mol. The number of esters is 1. The number of aliphatic hydroxyl groups excluding tert-OH is 4. The monoisotopic (exact) mass is 444 g/mol. The lowest BCUT2D eigenvalue weighted by atomic mass is 9.99. The number of hydrogen-bond donors (Lipinski definition) is 4. The van der Waals surface area contributed by atoms with E-state index in [4.69, 9.17) is 9.47 Å². The van der Waals surface area contributed by atoms with E-state index in [-0.39, 0.29) is 13.0 Å². The number of hydrogen-bond acceptors (Lipinski definition) is 7. The summed E-state index contributed by atoms with van der Waals surface area (Å²) < 4.78 is 10.0. The number of carbonyl (C=O) groups is 1. The molecule has 31 heavy (non-hydrogen) atoms. The second-order valence-corrected chi connectivity index (χ2v) is 8.55. The van der Waals surface area contributed by atoms with Crippen LogP contribution in [0.4, 0.5) is 0 Å². The van der Waals surface area contributed by atoms with Crippen LogP contribution in [0.3, 0.4) is 0 Å². The summed E-state index contributed by atoms with van der Waals surface area (Å²) in [4.78, 5) is 11.8. The van der Waals surface area contributed by atoms with Crippen LogP contribution in [-0.4, -0.2) is 63.7 Å². The van der Waals surface area contributed by atoms with Gasteiger partial charge in [0.2, 0.25) is 0 Å². The molecule has 1 fully saturated rings. The van der Waals surface area contributed by atoms with Crippen molar-refractivity contribution in [2.75, 3.05) is 6.61 Å². The van der Waals surface area contributed by atoms with E-state index in [1.54, 1.807) is 0 Å². The molecule has 1 aliphatic heterocycles. The highest BCUT2D eigenvalue weighted by atomic mass is 16.6. The SMILES string of the molecule is CCCCCCCC/C=C\CCCCCCCC(=O)OC[C@H]1O[C@@H](O)[C@H](O)[C@@H](O)[C@@H]1O. The Labute approximate surface area is 187 Å². The molecule has 0 saturated carbocycles. The van der Waals surface area contributed by atoms with Gasteiger partial charge in [0.15, 0.2) is 6.29 Å². The van der Waals surface area contributed by atoms with Gasteiger partial charge in [0.05, 0.1) is 0 Å². The third kappa shape index (κ3) is 12.6. The fourth-order valence-electron chi connectivity index (χ4n) is 3.66. The maximum atomic E-state index is 11.8. The first-order valence-corrected chi connectivity index (χ1v) is 12.2. The Bertz CT molecular complexity index is 483. The van der Waals surface area contributed by atoms with E-state index in [0.29, 0.717) is 0 Å². The molecule has 1 heterocycles. The minimum atomic E-state index is -1.62. The minimum absolute atomic E-state index is 0.272. The van der Waals surface area contributed by atoms with Gasteiger partial charge in [-0.15, -0.1) is 0 Å². The molecule has 0 aromatic heterocycles. The van der Waals surface area contributed by atoms with Crippen LogP contribution < -0.4 is 0 Å². The molecule has 182 valence electrons. The first kappa shape index (κ1) is 28.0. The summed E-state index contributed by atoms with van der Waals surface area (Å²) in [5.41, 5.74) is 0. The molecule has 0 radical (unpaired) electrons. The second-order valence-electron chi connectivity index (χ2n) is 8.55. The van der Waals surface area contributed by atoms with Crippen LogP contribution in [0.1, 0.15) is 96.8 Å². The molecule has 0 spiro atoms. The zero-order chi connectivity index (χ0) is 22.9. The van der Waals surface area contributed by atoms with Gasteiger partial charge in [-0.1, -0.05) is 70.4 Å². The van der Waals surface area contributed by atoms with Crippen LogP contribution in [0, 0.1) is 0 Å². The molecule has 0 unspecified atom stereocenters. The molecule has 4 N–H and O–H groups in total. The van der Waals surface area contributed by atoms with Gasteiger partial charge in [0.25, 0.3) is 0 Å². The van der Waals surface area contributed by atoms with E-state index in [1.165, 1.54) is 51.4 Å². The van der Waals surface area contributed by atoms with Gasteiger partial charge in [-0.25, -0.2) is 0 Å². The second kappa shape index (κ2) is 17.6. The summed E-state index contributed by atoms with van der Waals surface area (Å²) in [6.07, 6.45) is 13.1. The predicted molar refractivity (Wildman–Crippen MR) is 119 cm³/mol. The predicted octanol–water partition coefficient (Wildman–Crippen LogP) is 3.37. The number of rotatable bonds is 17. The number of unbranched alkanes of at least 4 members (excludes halogenated alkanes) is 11. The van der Waals surface area contributed by atoms with E-state index < -0.39 is 36.7 Å². The number of allylic oxidation sites excluding steroid dienone is 2. The van der Waals surface area contributed by atoms with E-state index in [2.05, 4.69) is 19.1 Å². The van der Waals surface area contributed by atoms with Gasteiger partial charge in [0, 0.05) is 6.42 Å². The summed E-state index contributed by atoms with van der Waals surface area (Å²) >= 11 is 0. The van der Waals surface area contributed by atoms with Crippen LogP contribution in [0.5, 0.6) is 0 Å². The molecule has 1 aliphatic rings. The molecule has 7 nitrogen and oxygen atoms in total. The summed E-state index contributed by atoms with van der Waals surface area (Å²) in [6.45, 7) is 1.97. The van der Waals surface area contributed by atoms with Gasteiger partial charge in [-0.05, 0) is 32.1 Å². The molecular formula is C24H44O7. The quantitative estimate of drug-likeness (QED) is 0.154. The number of aliphatic hydroxyl groups is 4. The molecule has 0 aromatic rings. The maximum absolute atomic E-state index is 11.8. The molecule has 0 amide bonds. The average molecular weight is 445 g/mol. The normalized spacial score (nSPS) is 26.4. The molecule has 7 heteroatoms. The van der Waals surface area contributed by atoms with Gasteiger partial charge in [-0.3, -0.25) is 4.79 Å². The molecule has 1 saturated heterocycles. The highest BCUT2D eigenvalue weighted by molar-refractivity contribution is 5.69. The summed E-state index contributed by atoms with van der Waals surface area (Å²) in [7, 11) is 0. The van der Waals surface area contributed by atoms with Gasteiger partial charge in [-0.2, -0.15) is 0 Å². The van der Waals surface area contributed by atoms with Crippen molar-refractivity contribution in [3.8, 4) is 0 Å². The van der Waals surface area contributed by atoms with E-state index in [1.807, 2.05) is 0 Å². The Morgan fingerprint density at radius 1 is 0.774 bits per heavy atom. The Morgan fingerprint density at radius 3 is 1.94 bits per heavy atom. The Balaban J connectivity index is 1.93. The van der Waals surface area contributed by atoms with Crippen LogP contribution in [0.15, 0.2) is 12.2 Å². The molecule has 5 atom stereocenters. The van der Waals surface area contributed by atoms with Gasteiger partial charge >= 0.3 is 5.97 Å². The third-order valence-corrected chi connectivity index (χ3v) is 5.74. The average Bonchev–Trinajstić information content (AvgIpc) is 2.76. The topological polar surface area (TPSA) is 116 Å². The lowest BCUT2D eigenvalue weighted by Gasteiger charge is -2.37. The van der Waals surface area contributed by atoms with Gasteiger partial charge in [0.1, 0.15) is 31.0 Å². The van der Waals surface area contributed by atoms with Crippen molar-refractivity contribution in [1.29, 1.82) is 0 Å². The lowest BCUT2D eigenvalue weighted by Crippen LogP contribution is -2.58. The van der Waals surface area contributed by atoms with E-state index in [9.17, 15) is 25.2 Å². The fraction of sp³-hybridized carbons (Fsp3) is 0.875. The standard InChI is InChI=1S/C24H44O7/c1-2-3-4-5-6-7-8-9-10-11-12-13-14-15-16-17-20(25)30-18-19-21(26)22(27)23(28)24(29)31-19/h9-10,19,21-24,26-29H,2-8,11-18H2,1H3/b10-9-/t19-,21-,22+,23-,24-/m1/s1. The highest BCUT2D eigenvalue weighted by Gasteiger charge is 2.43. The zero-order valence-corrected chi connectivity index (χ0v) is 19.2. The van der Waals surface area contributed by atoms with E-state index >= 15 is 0 Å². The fourth-order valence-corrected chi connectivity index (χ4v) is 3.66. The molecule has 0 aromatic carbocycles. The number of carbonyl (C=O) groups excluding carboxylic acids is 1. The Hall–Kier alpha value is -0.990. The van der Waals surface area contributed by atoms with Gasteiger partial charge < -0.3 is 29.9 Å². The molecule has 1 rings (SSSR count). The number of ether oxygens (including phenoxy) is 2. The third-order valence-electron chi connectivity index (χ3n) is 5.74. The van der Waals surface area contributed by atoms with Crippen molar-refractivity contribution < 1.29 is 34.7 Å². The Kier molecular flexibility index (Phi) is 15.9. The first-order valence-electron chi connectivity index (χ1n) is 12.2. The Morgan fingerprint density at radius 2 is 1.32 bits per heavy atom. The maximum Gasteiger partial charge on any atom is 0.305 e. The zero-order valence-electron chi connectivity index (χ0n) is 19.2.